The summed E-state index contributed by atoms with van der Waals surface area (Å²) in [6.45, 7) is 3.55. The van der Waals surface area contributed by atoms with Gasteiger partial charge in [-0.05, 0) is 48.9 Å². The van der Waals surface area contributed by atoms with Gasteiger partial charge in [0.25, 0.3) is 5.91 Å². The molecule has 1 fully saturated rings. The summed E-state index contributed by atoms with van der Waals surface area (Å²) in [5, 5.41) is 0. The van der Waals surface area contributed by atoms with Gasteiger partial charge in [-0.1, -0.05) is 6.07 Å². The monoisotopic (exact) mass is 396 g/mol. The van der Waals surface area contributed by atoms with Gasteiger partial charge < -0.3 is 21.1 Å². The third kappa shape index (κ3) is 6.91. The number of amides is 2. The van der Waals surface area contributed by atoms with E-state index in [0.29, 0.717) is 11.5 Å². The highest BCUT2D eigenvalue weighted by Crippen LogP contribution is 2.30. The number of carbonyl (C=O) groups excluding carboxylic acids is 2. The Morgan fingerprint density at radius 1 is 1.26 bits per heavy atom. The summed E-state index contributed by atoms with van der Waals surface area (Å²) in [5.74, 6) is -0.269. The molecular weight excluding hydrogens is 372 g/mol. The molecule has 148 valence electrons. The largest absolute Gasteiger partial charge is 0.375 e. The third-order valence-corrected chi connectivity index (χ3v) is 4.30. The highest BCUT2D eigenvalue weighted by Gasteiger charge is 2.24. The van der Waals surface area contributed by atoms with Crippen LogP contribution in [0.4, 0.5) is 0 Å². The Kier molecular flexibility index (Phi) is 9.31. The lowest BCUT2D eigenvalue weighted by Crippen LogP contribution is -2.39. The number of nitrogens with zero attached hydrogens (tertiary/aromatic N) is 2. The number of ether oxygens (including phenoxy) is 1. The van der Waals surface area contributed by atoms with Crippen molar-refractivity contribution in [2.75, 3.05) is 26.8 Å². The summed E-state index contributed by atoms with van der Waals surface area (Å²) < 4.78 is 21.5. The molecule has 0 aromatic heterocycles. The number of rotatable bonds is 4. The van der Waals surface area contributed by atoms with E-state index in [9.17, 15) is 9.59 Å². The van der Waals surface area contributed by atoms with E-state index < -0.39 is 17.5 Å². The molecule has 1 aromatic rings. The first kappa shape index (κ1) is 22.5. The molecule has 2 rings (SSSR count). The van der Waals surface area contributed by atoms with Gasteiger partial charge in [0, 0.05) is 25.8 Å². The van der Waals surface area contributed by atoms with Crippen LogP contribution in [0, 0.1) is 6.92 Å². The van der Waals surface area contributed by atoms with Crippen LogP contribution in [-0.4, -0.2) is 57.9 Å². The lowest BCUT2D eigenvalue weighted by molar-refractivity contribution is -0.136. The predicted molar refractivity (Wildman–Crippen MR) is 101 cm³/mol. The zero-order valence-corrected chi connectivity index (χ0v) is 16.2. The van der Waals surface area contributed by atoms with Gasteiger partial charge in [0.05, 0.1) is 0 Å². The molecule has 9 nitrogen and oxygen atoms in total. The van der Waals surface area contributed by atoms with E-state index in [1.54, 1.807) is 6.07 Å². The van der Waals surface area contributed by atoms with Crippen molar-refractivity contribution in [1.82, 2.24) is 4.90 Å². The van der Waals surface area contributed by atoms with Gasteiger partial charge >= 0.3 is 11.6 Å². The van der Waals surface area contributed by atoms with Crippen molar-refractivity contribution in [2.45, 2.75) is 25.7 Å². The highest BCUT2D eigenvalue weighted by molar-refractivity contribution is 7.51. The summed E-state index contributed by atoms with van der Waals surface area (Å²) in [4.78, 5) is 29.1. The van der Waals surface area contributed by atoms with Crippen molar-refractivity contribution >= 4 is 29.3 Å². The van der Waals surface area contributed by atoms with Crippen molar-refractivity contribution in [2.24, 2.45) is 16.5 Å². The van der Waals surface area contributed by atoms with E-state index in [2.05, 4.69) is 4.99 Å². The Labute approximate surface area is 161 Å². The minimum atomic E-state index is -0.750. The van der Waals surface area contributed by atoms with E-state index in [1.807, 2.05) is 24.0 Å². The number of methoxy groups -OCH3 is 1. The second-order valence-electron chi connectivity index (χ2n) is 6.07. The number of hydrogen-bond donors (Lipinski definition) is 2. The molecule has 0 radical (unpaired) electrons. The first-order valence-electron chi connectivity index (χ1n) is 8.27. The molecule has 27 heavy (non-hydrogen) atoms. The van der Waals surface area contributed by atoms with Gasteiger partial charge in [0.15, 0.2) is 5.96 Å². The van der Waals surface area contributed by atoms with Crippen LogP contribution in [0.25, 0.3) is 0 Å². The molecule has 10 heteroatoms. The van der Waals surface area contributed by atoms with Crippen LogP contribution in [0.5, 0.6) is 0 Å². The van der Waals surface area contributed by atoms with E-state index in [4.69, 9.17) is 24.6 Å². The number of carbonyl (C=O) groups is 2. The molecule has 0 spiro atoms. The van der Waals surface area contributed by atoms with Crippen molar-refractivity contribution in [3.63, 3.8) is 0 Å². The predicted octanol–water partition coefficient (Wildman–Crippen LogP) is 0.0908. The molecule has 2 amide bonds. The molecule has 0 atom stereocenters. The van der Waals surface area contributed by atoms with E-state index in [0.717, 1.165) is 31.5 Å². The third-order valence-electron chi connectivity index (χ3n) is 4.30. The molecule has 0 unspecified atom stereocenters. The molecule has 4 N–H and O–H groups in total. The first-order valence-corrected chi connectivity index (χ1v) is 8.93. The molecule has 1 aromatic carbocycles. The lowest BCUT2D eigenvalue weighted by Gasteiger charge is -2.32. The van der Waals surface area contributed by atoms with Gasteiger partial charge in [0.1, 0.15) is 6.61 Å². The molecule has 0 aliphatic carbocycles. The summed E-state index contributed by atoms with van der Waals surface area (Å²) in [6, 6.07) is 5.52. The SMILES string of the molecule is COCC(=O)N1CCC(c2ccc(C(=O)N=C(N)N)cc2C)CC1.O=S=O. The van der Waals surface area contributed by atoms with Crippen LogP contribution in [-0.2, 0) is 21.1 Å². The standard InChI is InChI=1S/C17H24N4O3.O2S/c1-11-9-13(16(23)20-17(18)19)3-4-14(11)12-5-7-21(8-6-12)15(22)10-24-2;1-3-2/h3-4,9,12H,5-8,10H2,1-2H3,(H4,18,19,20,23);. The molecule has 1 aliphatic heterocycles. The minimum absolute atomic E-state index is 0.0332. The van der Waals surface area contributed by atoms with Gasteiger partial charge in [0.2, 0.25) is 5.91 Å². The summed E-state index contributed by atoms with van der Waals surface area (Å²) >= 11 is -0.750. The molecular formula is C17H24N4O5S. The number of hydrogen-bond acceptors (Lipinski definition) is 5. The van der Waals surface area contributed by atoms with Crippen molar-refractivity contribution in [3.8, 4) is 0 Å². The van der Waals surface area contributed by atoms with Gasteiger partial charge in [-0.15, -0.1) is 0 Å². The minimum Gasteiger partial charge on any atom is -0.375 e. The second kappa shape index (κ2) is 11.2. The maximum atomic E-state index is 11.9. The lowest BCUT2D eigenvalue weighted by atomic mass is 9.86. The fourth-order valence-electron chi connectivity index (χ4n) is 3.10. The normalized spacial score (nSPS) is 13.9. The average molecular weight is 396 g/mol. The van der Waals surface area contributed by atoms with Crippen LogP contribution in [0.2, 0.25) is 0 Å². The topological polar surface area (TPSA) is 145 Å². The number of benzene rings is 1. The molecule has 0 bridgehead atoms. The maximum Gasteiger partial charge on any atom is 0.335 e. The number of nitrogens with two attached hydrogens (primary N) is 2. The van der Waals surface area contributed by atoms with Crippen LogP contribution in [0.1, 0.15) is 40.2 Å². The quantitative estimate of drug-likeness (QED) is 0.542. The number of aliphatic imine (C=N–C) groups is 1. The van der Waals surface area contributed by atoms with Crippen molar-refractivity contribution in [3.05, 3.63) is 34.9 Å². The van der Waals surface area contributed by atoms with Gasteiger partial charge in [-0.3, -0.25) is 9.59 Å². The van der Waals surface area contributed by atoms with Crippen LogP contribution in [0.15, 0.2) is 23.2 Å². The maximum absolute atomic E-state index is 11.9. The molecule has 0 saturated carbocycles. The Morgan fingerprint density at radius 3 is 2.33 bits per heavy atom. The fourth-order valence-corrected chi connectivity index (χ4v) is 3.10. The molecule has 1 heterocycles. The van der Waals surface area contributed by atoms with E-state index >= 15 is 0 Å². The Hall–Kier alpha value is -2.59. The number of piperidine rings is 1. The number of guanidine groups is 1. The summed E-state index contributed by atoms with van der Waals surface area (Å²) in [7, 11) is 1.53. The van der Waals surface area contributed by atoms with Crippen LogP contribution < -0.4 is 11.5 Å². The van der Waals surface area contributed by atoms with Crippen LogP contribution in [0.3, 0.4) is 0 Å². The zero-order chi connectivity index (χ0) is 20.4. The Bertz CT molecular complexity index is 735. The second-order valence-corrected chi connectivity index (χ2v) is 6.21. The van der Waals surface area contributed by atoms with E-state index in [1.165, 1.54) is 12.7 Å². The number of likely N-dealkylation sites (tertiary alicyclic amines) is 1. The smallest absolute Gasteiger partial charge is 0.335 e. The summed E-state index contributed by atoms with van der Waals surface area (Å²) in [5.41, 5.74) is 13.2. The number of aryl methyl sites for hydroxylation is 1. The van der Waals surface area contributed by atoms with Gasteiger partial charge in [-0.25, -0.2) is 0 Å². The fraction of sp³-hybridized carbons (Fsp3) is 0.471. The summed E-state index contributed by atoms with van der Waals surface area (Å²) in [6.07, 6.45) is 1.80. The van der Waals surface area contributed by atoms with Crippen LogP contribution >= 0.6 is 0 Å². The first-order chi connectivity index (χ1) is 12.8. The van der Waals surface area contributed by atoms with Gasteiger partial charge in [-0.2, -0.15) is 13.4 Å². The zero-order valence-electron chi connectivity index (χ0n) is 15.3. The molecule has 1 aliphatic rings. The van der Waals surface area contributed by atoms with E-state index in [-0.39, 0.29) is 18.5 Å². The Balaban J connectivity index is 0.00000114. The average Bonchev–Trinajstić information content (AvgIpc) is 2.62. The van der Waals surface area contributed by atoms with Crippen molar-refractivity contribution < 1.29 is 22.7 Å². The highest BCUT2D eigenvalue weighted by atomic mass is 32.1. The van der Waals surface area contributed by atoms with Crippen molar-refractivity contribution in [1.29, 1.82) is 0 Å². The Morgan fingerprint density at radius 2 is 1.85 bits per heavy atom. The molecule has 1 saturated heterocycles.